The fraction of sp³-hybridized carbons (Fsp3) is 0.286. The molecule has 5 nitrogen and oxygen atoms in total. The van der Waals surface area contributed by atoms with Crippen LogP contribution in [0.5, 0.6) is 0 Å². The van der Waals surface area contributed by atoms with Crippen LogP contribution in [0.2, 0.25) is 17.1 Å². The summed E-state index contributed by atoms with van der Waals surface area (Å²) in [6.07, 6.45) is 0. The van der Waals surface area contributed by atoms with Crippen LogP contribution in [0.3, 0.4) is 0 Å². The fourth-order valence-corrected chi connectivity index (χ4v) is 10.4. The molecule has 1 N–H and O–H groups in total. The number of carbonyl (C=O) groups is 2. The standard InChI is InChI=1S/C28H30ClNO4Si/c1-4-34-28(32)25-26(23(27(31)33-2)24(30-25)19-15-17-20(29)18-16-19)35(3,21-11-7-5-8-12-21)22-13-9-6-10-14-22/h5-18,23-26,30H,4H2,1-3H3/t23-,24+,25+,26+/m1/s1. The predicted octanol–water partition coefficient (Wildman–Crippen LogP) is 3.97. The van der Waals surface area contributed by atoms with Crippen molar-refractivity contribution in [2.45, 2.75) is 31.1 Å². The fourth-order valence-electron chi connectivity index (χ4n) is 5.47. The summed E-state index contributed by atoms with van der Waals surface area (Å²) in [5.74, 6) is -1.30. The summed E-state index contributed by atoms with van der Waals surface area (Å²) in [5.41, 5.74) is 0.513. The molecule has 182 valence electrons. The van der Waals surface area contributed by atoms with Gasteiger partial charge in [-0.1, -0.05) is 101 Å². The maximum Gasteiger partial charge on any atom is 0.323 e. The number of hydrogen-bond acceptors (Lipinski definition) is 5. The number of halogens is 1. The van der Waals surface area contributed by atoms with Gasteiger partial charge < -0.3 is 9.47 Å². The molecule has 4 atom stereocenters. The molecule has 3 aromatic carbocycles. The van der Waals surface area contributed by atoms with Gasteiger partial charge in [0.25, 0.3) is 0 Å². The number of hydrogen-bond donors (Lipinski definition) is 1. The first-order chi connectivity index (χ1) is 16.9. The third kappa shape index (κ3) is 4.78. The third-order valence-corrected chi connectivity index (χ3v) is 12.5. The van der Waals surface area contributed by atoms with Crippen molar-refractivity contribution in [2.75, 3.05) is 13.7 Å². The van der Waals surface area contributed by atoms with Gasteiger partial charge in [0.2, 0.25) is 0 Å². The average Bonchev–Trinajstić information content (AvgIpc) is 3.30. The summed E-state index contributed by atoms with van der Waals surface area (Å²) in [5, 5.41) is 6.37. The van der Waals surface area contributed by atoms with Crippen molar-refractivity contribution >= 4 is 42.0 Å². The van der Waals surface area contributed by atoms with Crippen LogP contribution in [-0.2, 0) is 19.1 Å². The number of rotatable bonds is 7. The van der Waals surface area contributed by atoms with E-state index in [0.29, 0.717) is 5.02 Å². The minimum absolute atomic E-state index is 0.257. The highest BCUT2D eigenvalue weighted by atomic mass is 35.5. The molecule has 1 aliphatic heterocycles. The maximum absolute atomic E-state index is 13.5. The molecule has 1 heterocycles. The Morgan fingerprint density at radius 3 is 1.91 bits per heavy atom. The first-order valence-corrected chi connectivity index (χ1v) is 14.7. The molecule has 1 aliphatic rings. The van der Waals surface area contributed by atoms with Crippen LogP contribution in [0.15, 0.2) is 84.9 Å². The SMILES string of the molecule is CCOC(=O)[C@H]1N[C@@H](c2ccc(Cl)cc2)[C@@H](C(=O)OC)[C@@H]1[Si](C)(c1ccccc1)c1ccccc1. The minimum Gasteiger partial charge on any atom is -0.469 e. The van der Waals surface area contributed by atoms with Crippen LogP contribution in [-0.4, -0.2) is 39.8 Å². The van der Waals surface area contributed by atoms with Crippen LogP contribution in [0.25, 0.3) is 0 Å². The highest BCUT2D eigenvalue weighted by Crippen LogP contribution is 2.47. The van der Waals surface area contributed by atoms with Crippen molar-refractivity contribution in [2.24, 2.45) is 5.92 Å². The Kier molecular flexibility index (Phi) is 7.74. The summed E-state index contributed by atoms with van der Waals surface area (Å²) in [4.78, 5) is 26.9. The Morgan fingerprint density at radius 2 is 1.43 bits per heavy atom. The Morgan fingerprint density at radius 1 is 0.886 bits per heavy atom. The number of methoxy groups -OCH3 is 1. The molecule has 0 aromatic heterocycles. The average molecular weight is 508 g/mol. The van der Waals surface area contributed by atoms with E-state index in [2.05, 4.69) is 36.1 Å². The highest BCUT2D eigenvalue weighted by Gasteiger charge is 2.60. The summed E-state index contributed by atoms with van der Waals surface area (Å²) < 4.78 is 10.9. The lowest BCUT2D eigenvalue weighted by Crippen LogP contribution is -2.64. The Hall–Kier alpha value is -2.93. The second-order valence-electron chi connectivity index (χ2n) is 8.93. The second-order valence-corrected chi connectivity index (χ2v) is 13.6. The van der Waals surface area contributed by atoms with Crippen molar-refractivity contribution in [1.29, 1.82) is 0 Å². The zero-order valence-corrected chi connectivity index (χ0v) is 21.9. The molecule has 3 aromatic rings. The molecule has 0 radical (unpaired) electrons. The van der Waals surface area contributed by atoms with Crippen LogP contribution in [0, 0.1) is 5.92 Å². The van der Waals surface area contributed by atoms with Gasteiger partial charge in [-0.2, -0.15) is 0 Å². The largest absolute Gasteiger partial charge is 0.469 e. The quantitative estimate of drug-likeness (QED) is 0.387. The lowest BCUT2D eigenvalue weighted by molar-refractivity contribution is -0.146. The topological polar surface area (TPSA) is 64.6 Å². The lowest BCUT2D eigenvalue weighted by Gasteiger charge is -2.39. The van der Waals surface area contributed by atoms with E-state index < -0.39 is 26.1 Å². The molecule has 0 bridgehead atoms. The van der Waals surface area contributed by atoms with Crippen molar-refractivity contribution in [3.63, 3.8) is 0 Å². The van der Waals surface area contributed by atoms with Crippen LogP contribution in [0.4, 0.5) is 0 Å². The van der Waals surface area contributed by atoms with E-state index in [4.69, 9.17) is 21.1 Å². The summed E-state index contributed by atoms with van der Waals surface area (Å²) in [6.45, 7) is 4.28. The zero-order chi connectivity index (χ0) is 25.0. The summed E-state index contributed by atoms with van der Waals surface area (Å²) in [7, 11) is -1.34. The van der Waals surface area contributed by atoms with Crippen LogP contribution in [0.1, 0.15) is 18.5 Å². The van der Waals surface area contributed by atoms with Gasteiger partial charge in [-0.05, 0) is 24.6 Å². The molecule has 1 fully saturated rings. The third-order valence-electron chi connectivity index (χ3n) is 7.12. The molecule has 4 rings (SSSR count). The predicted molar refractivity (Wildman–Crippen MR) is 141 cm³/mol. The van der Waals surface area contributed by atoms with Gasteiger partial charge in [-0.15, -0.1) is 0 Å². The molecule has 35 heavy (non-hydrogen) atoms. The molecule has 0 saturated carbocycles. The first kappa shape index (κ1) is 25.2. The van der Waals surface area contributed by atoms with Crippen molar-refractivity contribution in [3.05, 3.63) is 95.5 Å². The van der Waals surface area contributed by atoms with E-state index in [0.717, 1.165) is 15.9 Å². The molecular weight excluding hydrogens is 478 g/mol. The Bertz CT molecular complexity index is 1120. The highest BCUT2D eigenvalue weighted by molar-refractivity contribution is 7.02. The maximum atomic E-state index is 13.5. The van der Waals surface area contributed by atoms with Gasteiger partial charge in [0.15, 0.2) is 0 Å². The lowest BCUT2D eigenvalue weighted by atomic mass is 9.93. The number of benzene rings is 3. The number of carbonyl (C=O) groups excluding carboxylic acids is 2. The number of ether oxygens (including phenoxy) is 2. The van der Waals surface area contributed by atoms with Gasteiger partial charge >= 0.3 is 11.9 Å². The zero-order valence-electron chi connectivity index (χ0n) is 20.1. The first-order valence-electron chi connectivity index (χ1n) is 11.8. The Balaban J connectivity index is 1.96. The minimum atomic E-state index is -2.74. The molecular formula is C28H30ClNO4Si. The van der Waals surface area contributed by atoms with Gasteiger partial charge in [-0.3, -0.25) is 14.9 Å². The monoisotopic (exact) mass is 507 g/mol. The second kappa shape index (κ2) is 10.8. The van der Waals surface area contributed by atoms with E-state index in [1.807, 2.05) is 48.5 Å². The van der Waals surface area contributed by atoms with E-state index in [-0.39, 0.29) is 24.1 Å². The molecule has 0 amide bonds. The molecule has 0 spiro atoms. The molecule has 1 saturated heterocycles. The van der Waals surface area contributed by atoms with Gasteiger partial charge in [0.1, 0.15) is 14.1 Å². The van der Waals surface area contributed by atoms with Gasteiger partial charge in [0.05, 0.1) is 19.6 Å². The number of nitrogens with one attached hydrogen (secondary N) is 1. The van der Waals surface area contributed by atoms with E-state index in [1.54, 1.807) is 19.1 Å². The van der Waals surface area contributed by atoms with Crippen LogP contribution < -0.4 is 15.7 Å². The van der Waals surface area contributed by atoms with Crippen molar-refractivity contribution in [3.8, 4) is 0 Å². The summed E-state index contributed by atoms with van der Waals surface area (Å²) >= 11 is 6.15. The van der Waals surface area contributed by atoms with Crippen LogP contribution >= 0.6 is 11.6 Å². The Labute approximate surface area is 212 Å². The van der Waals surface area contributed by atoms with Gasteiger partial charge in [-0.25, -0.2) is 0 Å². The van der Waals surface area contributed by atoms with E-state index in [1.165, 1.54) is 7.11 Å². The smallest absolute Gasteiger partial charge is 0.323 e. The summed E-state index contributed by atoms with van der Waals surface area (Å²) in [6, 6.07) is 26.7. The molecule has 0 unspecified atom stereocenters. The normalized spacial score (nSPS) is 21.9. The van der Waals surface area contributed by atoms with E-state index >= 15 is 0 Å². The molecule has 0 aliphatic carbocycles. The van der Waals surface area contributed by atoms with Crippen molar-refractivity contribution < 1.29 is 19.1 Å². The van der Waals surface area contributed by atoms with Gasteiger partial charge in [0, 0.05) is 16.6 Å². The van der Waals surface area contributed by atoms with E-state index in [9.17, 15) is 9.59 Å². The molecule has 7 heteroatoms. The van der Waals surface area contributed by atoms with Crippen molar-refractivity contribution in [1.82, 2.24) is 5.32 Å². The number of esters is 2.